The maximum atomic E-state index is 10.6. The molecule has 0 atom stereocenters. The van der Waals surface area contributed by atoms with E-state index in [1.165, 1.54) is 11.8 Å². The number of aromatic nitrogens is 2. The van der Waals surface area contributed by atoms with Gasteiger partial charge < -0.3 is 10.2 Å². The second kappa shape index (κ2) is 5.88. The fourth-order valence-corrected chi connectivity index (χ4v) is 2.18. The van der Waals surface area contributed by atoms with Crippen molar-refractivity contribution < 1.29 is 9.21 Å². The van der Waals surface area contributed by atoms with Gasteiger partial charge in [0.15, 0.2) is 0 Å². The molecule has 1 aromatic carbocycles. The van der Waals surface area contributed by atoms with E-state index in [1.54, 1.807) is 12.1 Å². The van der Waals surface area contributed by atoms with Crippen LogP contribution in [0.15, 0.2) is 33.9 Å². The van der Waals surface area contributed by atoms with Crippen molar-refractivity contribution in [3.05, 3.63) is 29.3 Å². The fourth-order valence-electron chi connectivity index (χ4n) is 1.25. The van der Waals surface area contributed by atoms with Crippen LogP contribution in [0.4, 0.5) is 0 Å². The molecule has 0 saturated carbocycles. The first-order valence-corrected chi connectivity index (χ1v) is 6.52. The Morgan fingerprint density at radius 3 is 2.89 bits per heavy atom. The molecule has 0 aliphatic heterocycles. The quantitative estimate of drug-likeness (QED) is 0.852. The minimum Gasteiger partial charge on any atom is -0.411 e. The summed E-state index contributed by atoms with van der Waals surface area (Å²) < 4.78 is 5.44. The van der Waals surface area contributed by atoms with Crippen LogP contribution in [0.1, 0.15) is 6.42 Å². The smallest absolute Gasteiger partial charge is 0.276 e. The molecule has 0 spiro atoms. The summed E-state index contributed by atoms with van der Waals surface area (Å²) in [6.45, 7) is 0. The summed E-state index contributed by atoms with van der Waals surface area (Å²) in [5.74, 6) is 0.523. The molecule has 0 unspecified atom stereocenters. The highest BCUT2D eigenvalue weighted by molar-refractivity contribution is 7.99. The van der Waals surface area contributed by atoms with Gasteiger partial charge in [0.1, 0.15) is 0 Å². The summed E-state index contributed by atoms with van der Waals surface area (Å²) in [6, 6.07) is 7.21. The van der Waals surface area contributed by atoms with Crippen LogP contribution in [0, 0.1) is 0 Å². The number of carbonyl (C=O) groups excluding carboxylic acids is 1. The van der Waals surface area contributed by atoms with E-state index in [9.17, 15) is 4.79 Å². The molecule has 0 bridgehead atoms. The standard InChI is InChI=1S/C11H10ClN3O2S/c12-8-4-2-1-3-7(8)10-14-15-11(17-10)18-6-5-9(13)16/h1-4H,5-6H2,(H2,13,16). The predicted octanol–water partition coefficient (Wildman–Crippen LogP) is 2.36. The Kier molecular flexibility index (Phi) is 4.22. The molecule has 1 aromatic heterocycles. The van der Waals surface area contributed by atoms with Gasteiger partial charge >= 0.3 is 0 Å². The lowest BCUT2D eigenvalue weighted by Crippen LogP contribution is -2.10. The van der Waals surface area contributed by atoms with Gasteiger partial charge in [-0.15, -0.1) is 10.2 Å². The molecule has 1 heterocycles. The number of halogens is 1. The van der Waals surface area contributed by atoms with Crippen LogP contribution >= 0.6 is 23.4 Å². The number of rotatable bonds is 5. The van der Waals surface area contributed by atoms with E-state index < -0.39 is 0 Å². The van der Waals surface area contributed by atoms with Gasteiger partial charge in [-0.25, -0.2) is 0 Å². The van der Waals surface area contributed by atoms with E-state index in [4.69, 9.17) is 21.8 Å². The lowest BCUT2D eigenvalue weighted by atomic mass is 10.2. The van der Waals surface area contributed by atoms with E-state index >= 15 is 0 Å². The monoisotopic (exact) mass is 283 g/mol. The molecule has 0 aliphatic carbocycles. The van der Waals surface area contributed by atoms with Gasteiger partial charge in [-0.1, -0.05) is 35.5 Å². The van der Waals surface area contributed by atoms with Crippen molar-refractivity contribution in [1.82, 2.24) is 10.2 Å². The number of hydrogen-bond acceptors (Lipinski definition) is 5. The molecule has 18 heavy (non-hydrogen) atoms. The number of nitrogens with two attached hydrogens (primary N) is 1. The van der Waals surface area contributed by atoms with Crippen LogP contribution in [0.25, 0.3) is 11.5 Å². The first-order valence-electron chi connectivity index (χ1n) is 5.16. The van der Waals surface area contributed by atoms with E-state index in [1.807, 2.05) is 12.1 Å². The zero-order chi connectivity index (χ0) is 13.0. The highest BCUT2D eigenvalue weighted by Gasteiger charge is 2.11. The first kappa shape index (κ1) is 12.9. The van der Waals surface area contributed by atoms with Crippen LogP contribution in [0.2, 0.25) is 5.02 Å². The van der Waals surface area contributed by atoms with Crippen LogP contribution in [0.5, 0.6) is 0 Å². The molecule has 2 N–H and O–H groups in total. The van der Waals surface area contributed by atoms with Crippen molar-refractivity contribution in [1.29, 1.82) is 0 Å². The van der Waals surface area contributed by atoms with Gasteiger partial charge in [-0.2, -0.15) is 0 Å². The van der Waals surface area contributed by atoms with Gasteiger partial charge in [0, 0.05) is 12.2 Å². The van der Waals surface area contributed by atoms with Crippen molar-refractivity contribution in [2.45, 2.75) is 11.6 Å². The predicted molar refractivity (Wildman–Crippen MR) is 69.3 cm³/mol. The van der Waals surface area contributed by atoms with Crippen molar-refractivity contribution in [2.24, 2.45) is 5.73 Å². The normalized spacial score (nSPS) is 10.5. The summed E-state index contributed by atoms with van der Waals surface area (Å²) in [5, 5.41) is 8.72. The van der Waals surface area contributed by atoms with Crippen LogP contribution in [0.3, 0.4) is 0 Å². The molecular weight excluding hydrogens is 274 g/mol. The molecule has 5 nitrogen and oxygen atoms in total. The topological polar surface area (TPSA) is 82.0 Å². The fraction of sp³-hybridized carbons (Fsp3) is 0.182. The SMILES string of the molecule is NC(=O)CCSc1nnc(-c2ccccc2Cl)o1. The maximum absolute atomic E-state index is 10.6. The van der Waals surface area contributed by atoms with E-state index in [2.05, 4.69) is 10.2 Å². The van der Waals surface area contributed by atoms with Gasteiger partial charge in [0.2, 0.25) is 11.8 Å². The van der Waals surface area contributed by atoms with Gasteiger partial charge in [-0.3, -0.25) is 4.79 Å². The molecule has 94 valence electrons. The Morgan fingerprint density at radius 2 is 2.17 bits per heavy atom. The van der Waals surface area contributed by atoms with Crippen LogP contribution in [-0.4, -0.2) is 21.9 Å². The number of amides is 1. The molecule has 0 saturated heterocycles. The van der Waals surface area contributed by atoms with E-state index in [0.29, 0.717) is 27.5 Å². The Labute approximate surface area is 113 Å². The number of carbonyl (C=O) groups is 1. The Morgan fingerprint density at radius 1 is 1.39 bits per heavy atom. The first-order chi connectivity index (χ1) is 8.66. The van der Waals surface area contributed by atoms with Crippen molar-refractivity contribution >= 4 is 29.3 Å². The lowest BCUT2D eigenvalue weighted by molar-refractivity contribution is -0.117. The number of nitrogens with zero attached hydrogens (tertiary/aromatic N) is 2. The Balaban J connectivity index is 2.06. The second-order valence-electron chi connectivity index (χ2n) is 3.42. The van der Waals surface area contributed by atoms with Crippen molar-refractivity contribution in [3.8, 4) is 11.5 Å². The third-order valence-corrected chi connectivity index (χ3v) is 3.23. The molecule has 0 fully saturated rings. The van der Waals surface area contributed by atoms with E-state index in [0.717, 1.165) is 0 Å². The van der Waals surface area contributed by atoms with Crippen molar-refractivity contribution in [3.63, 3.8) is 0 Å². The number of primary amides is 1. The third-order valence-electron chi connectivity index (χ3n) is 2.08. The minimum absolute atomic E-state index is 0.272. The molecular formula is C11H10ClN3O2S. The second-order valence-corrected chi connectivity index (χ2v) is 4.87. The minimum atomic E-state index is -0.353. The number of thioether (sulfide) groups is 1. The molecule has 0 radical (unpaired) electrons. The summed E-state index contributed by atoms with van der Waals surface area (Å²) >= 11 is 7.30. The Hall–Kier alpha value is -1.53. The molecule has 7 heteroatoms. The zero-order valence-electron chi connectivity index (χ0n) is 9.30. The zero-order valence-corrected chi connectivity index (χ0v) is 10.9. The summed E-state index contributed by atoms with van der Waals surface area (Å²) in [5.41, 5.74) is 5.72. The average Bonchev–Trinajstić information content (AvgIpc) is 2.78. The summed E-state index contributed by atoms with van der Waals surface area (Å²) in [7, 11) is 0. The molecule has 2 aromatic rings. The Bertz CT molecular complexity index is 559. The summed E-state index contributed by atoms with van der Waals surface area (Å²) in [4.78, 5) is 10.6. The highest BCUT2D eigenvalue weighted by atomic mass is 35.5. The number of hydrogen-bond donors (Lipinski definition) is 1. The molecule has 1 amide bonds. The third kappa shape index (κ3) is 3.24. The van der Waals surface area contributed by atoms with Crippen LogP contribution < -0.4 is 5.73 Å². The van der Waals surface area contributed by atoms with E-state index in [-0.39, 0.29) is 12.3 Å². The maximum Gasteiger partial charge on any atom is 0.276 e. The van der Waals surface area contributed by atoms with Gasteiger partial charge in [-0.05, 0) is 12.1 Å². The molecule has 2 rings (SSSR count). The number of benzene rings is 1. The lowest BCUT2D eigenvalue weighted by Gasteiger charge is -1.96. The highest BCUT2D eigenvalue weighted by Crippen LogP contribution is 2.28. The van der Waals surface area contributed by atoms with Gasteiger partial charge in [0.25, 0.3) is 5.22 Å². The molecule has 0 aliphatic rings. The van der Waals surface area contributed by atoms with Gasteiger partial charge in [0.05, 0.1) is 10.6 Å². The van der Waals surface area contributed by atoms with Crippen molar-refractivity contribution in [2.75, 3.05) is 5.75 Å². The largest absolute Gasteiger partial charge is 0.411 e. The average molecular weight is 284 g/mol. The summed E-state index contributed by atoms with van der Waals surface area (Å²) in [6.07, 6.45) is 0.272. The van der Waals surface area contributed by atoms with Crippen LogP contribution in [-0.2, 0) is 4.79 Å².